The minimum Gasteiger partial charge on any atom is -0.464 e. The number of aromatic nitrogens is 1. The van der Waals surface area contributed by atoms with E-state index in [-0.39, 0.29) is 17.2 Å². The van der Waals surface area contributed by atoms with E-state index in [2.05, 4.69) is 16.3 Å². The standard InChI is InChI=1S/C12H13NO3/c1-4-5-9-6-10(8(2)14)13-11(7-9)12(15)16-3/h4,6-7H,1,5H2,2-3H3. The highest BCUT2D eigenvalue weighted by Crippen LogP contribution is 2.09. The van der Waals surface area contributed by atoms with Gasteiger partial charge in [-0.1, -0.05) is 6.08 Å². The van der Waals surface area contributed by atoms with Crippen molar-refractivity contribution in [1.29, 1.82) is 0 Å². The van der Waals surface area contributed by atoms with Gasteiger partial charge in [-0.25, -0.2) is 9.78 Å². The molecule has 0 atom stereocenters. The molecule has 0 N–H and O–H groups in total. The van der Waals surface area contributed by atoms with Gasteiger partial charge in [-0.05, 0) is 24.1 Å². The van der Waals surface area contributed by atoms with E-state index in [4.69, 9.17) is 0 Å². The number of hydrogen-bond donors (Lipinski definition) is 0. The highest BCUT2D eigenvalue weighted by molar-refractivity contribution is 5.94. The summed E-state index contributed by atoms with van der Waals surface area (Å²) in [6.45, 7) is 5.01. The number of Topliss-reactive ketones (excluding diaryl/α,β-unsaturated/α-hetero) is 1. The Labute approximate surface area is 94.0 Å². The summed E-state index contributed by atoms with van der Waals surface area (Å²) in [7, 11) is 1.28. The van der Waals surface area contributed by atoms with Crippen LogP contribution in [0.5, 0.6) is 0 Å². The summed E-state index contributed by atoms with van der Waals surface area (Å²) >= 11 is 0. The van der Waals surface area contributed by atoms with Gasteiger partial charge in [0.25, 0.3) is 0 Å². The quantitative estimate of drug-likeness (QED) is 0.440. The second-order valence-electron chi connectivity index (χ2n) is 3.29. The summed E-state index contributed by atoms with van der Waals surface area (Å²) in [6, 6.07) is 3.25. The maximum atomic E-state index is 11.3. The molecule has 1 heterocycles. The largest absolute Gasteiger partial charge is 0.464 e. The zero-order valence-electron chi connectivity index (χ0n) is 9.32. The molecule has 0 amide bonds. The van der Waals surface area contributed by atoms with Crippen molar-refractivity contribution in [1.82, 2.24) is 4.98 Å². The molecule has 0 aliphatic carbocycles. The molecule has 0 fully saturated rings. The number of ether oxygens (including phenoxy) is 1. The van der Waals surface area contributed by atoms with E-state index in [1.165, 1.54) is 14.0 Å². The molecule has 4 nitrogen and oxygen atoms in total. The van der Waals surface area contributed by atoms with E-state index in [9.17, 15) is 9.59 Å². The smallest absolute Gasteiger partial charge is 0.356 e. The van der Waals surface area contributed by atoms with E-state index < -0.39 is 5.97 Å². The summed E-state index contributed by atoms with van der Waals surface area (Å²) in [4.78, 5) is 26.5. The molecule has 0 unspecified atom stereocenters. The van der Waals surface area contributed by atoms with Crippen LogP contribution >= 0.6 is 0 Å². The van der Waals surface area contributed by atoms with Gasteiger partial charge < -0.3 is 4.74 Å². The maximum absolute atomic E-state index is 11.3. The van der Waals surface area contributed by atoms with Crippen molar-refractivity contribution in [2.45, 2.75) is 13.3 Å². The number of rotatable bonds is 4. The van der Waals surface area contributed by atoms with Gasteiger partial charge in [-0.15, -0.1) is 6.58 Å². The van der Waals surface area contributed by atoms with Gasteiger partial charge in [-0.2, -0.15) is 0 Å². The average Bonchev–Trinajstić information content (AvgIpc) is 2.28. The van der Waals surface area contributed by atoms with Crippen molar-refractivity contribution in [3.63, 3.8) is 0 Å². The average molecular weight is 219 g/mol. The van der Waals surface area contributed by atoms with Gasteiger partial charge in [0.2, 0.25) is 0 Å². The van der Waals surface area contributed by atoms with Crippen LogP contribution in [0, 0.1) is 0 Å². The van der Waals surface area contributed by atoms with Crippen molar-refractivity contribution in [2.24, 2.45) is 0 Å². The van der Waals surface area contributed by atoms with Gasteiger partial charge in [0.05, 0.1) is 7.11 Å². The molecule has 84 valence electrons. The Hall–Kier alpha value is -1.97. The molecule has 0 bridgehead atoms. The van der Waals surface area contributed by atoms with Crippen LogP contribution in [0.25, 0.3) is 0 Å². The van der Waals surface area contributed by atoms with Crippen molar-refractivity contribution >= 4 is 11.8 Å². The van der Waals surface area contributed by atoms with E-state index in [1.807, 2.05) is 0 Å². The molecule has 0 saturated carbocycles. The molecule has 1 aromatic rings. The third-order valence-electron chi connectivity index (χ3n) is 2.02. The summed E-state index contributed by atoms with van der Waals surface area (Å²) in [5.74, 6) is -0.732. The summed E-state index contributed by atoms with van der Waals surface area (Å²) in [5.41, 5.74) is 1.22. The lowest BCUT2D eigenvalue weighted by molar-refractivity contribution is 0.0594. The minimum atomic E-state index is -0.548. The Kier molecular flexibility index (Phi) is 3.94. The molecule has 4 heteroatoms. The molecule has 16 heavy (non-hydrogen) atoms. The Morgan fingerprint density at radius 3 is 2.56 bits per heavy atom. The number of ketones is 1. The summed E-state index contributed by atoms with van der Waals surface area (Å²) in [6.07, 6.45) is 2.27. The van der Waals surface area contributed by atoms with Crippen LogP contribution in [-0.4, -0.2) is 23.8 Å². The Balaban J connectivity index is 3.23. The molecule has 0 aliphatic rings. The molecule has 1 aromatic heterocycles. The number of carbonyl (C=O) groups excluding carboxylic acids is 2. The number of nitrogens with zero attached hydrogens (tertiary/aromatic N) is 1. The second kappa shape index (κ2) is 5.21. The highest BCUT2D eigenvalue weighted by Gasteiger charge is 2.12. The first-order chi connectivity index (χ1) is 7.58. The van der Waals surface area contributed by atoms with Gasteiger partial charge in [0.1, 0.15) is 11.4 Å². The summed E-state index contributed by atoms with van der Waals surface area (Å²) in [5, 5.41) is 0. The lowest BCUT2D eigenvalue weighted by atomic mass is 10.1. The zero-order valence-corrected chi connectivity index (χ0v) is 9.32. The highest BCUT2D eigenvalue weighted by atomic mass is 16.5. The van der Waals surface area contributed by atoms with Crippen LogP contribution in [0.3, 0.4) is 0 Å². The molecule has 0 aromatic carbocycles. The number of esters is 1. The Bertz CT molecular complexity index is 438. The molecule has 0 radical (unpaired) electrons. The molecule has 1 rings (SSSR count). The van der Waals surface area contributed by atoms with Crippen molar-refractivity contribution in [3.05, 3.63) is 41.7 Å². The Morgan fingerprint density at radius 1 is 1.44 bits per heavy atom. The molecular formula is C12H13NO3. The number of hydrogen-bond acceptors (Lipinski definition) is 4. The maximum Gasteiger partial charge on any atom is 0.356 e. The molecular weight excluding hydrogens is 206 g/mol. The predicted octanol–water partition coefficient (Wildman–Crippen LogP) is 1.80. The van der Waals surface area contributed by atoms with E-state index in [0.717, 1.165) is 5.56 Å². The predicted molar refractivity (Wildman–Crippen MR) is 59.5 cm³/mol. The van der Waals surface area contributed by atoms with Crippen molar-refractivity contribution in [3.8, 4) is 0 Å². The molecule has 0 aliphatic heterocycles. The van der Waals surface area contributed by atoms with Crippen LogP contribution in [0.2, 0.25) is 0 Å². The van der Waals surface area contributed by atoms with Crippen LogP contribution in [0.4, 0.5) is 0 Å². The first-order valence-corrected chi connectivity index (χ1v) is 4.79. The van der Waals surface area contributed by atoms with Gasteiger partial charge >= 0.3 is 5.97 Å². The third-order valence-corrected chi connectivity index (χ3v) is 2.02. The number of allylic oxidation sites excluding steroid dienone is 1. The van der Waals surface area contributed by atoms with Gasteiger partial charge in [-0.3, -0.25) is 4.79 Å². The van der Waals surface area contributed by atoms with Crippen LogP contribution in [-0.2, 0) is 11.2 Å². The van der Waals surface area contributed by atoms with E-state index >= 15 is 0 Å². The normalized spacial score (nSPS) is 9.62. The lowest BCUT2D eigenvalue weighted by Crippen LogP contribution is -2.09. The topological polar surface area (TPSA) is 56.3 Å². The van der Waals surface area contributed by atoms with Crippen LogP contribution in [0.1, 0.15) is 33.5 Å². The first kappa shape index (κ1) is 12.1. The van der Waals surface area contributed by atoms with Crippen molar-refractivity contribution < 1.29 is 14.3 Å². The third kappa shape index (κ3) is 2.76. The summed E-state index contributed by atoms with van der Waals surface area (Å²) < 4.78 is 4.57. The fraction of sp³-hybridized carbons (Fsp3) is 0.250. The number of carbonyl (C=O) groups is 2. The molecule has 0 saturated heterocycles. The fourth-order valence-corrected chi connectivity index (χ4v) is 1.26. The Morgan fingerprint density at radius 2 is 2.06 bits per heavy atom. The fourth-order valence-electron chi connectivity index (χ4n) is 1.26. The zero-order chi connectivity index (χ0) is 12.1. The van der Waals surface area contributed by atoms with E-state index in [0.29, 0.717) is 6.42 Å². The van der Waals surface area contributed by atoms with Crippen molar-refractivity contribution in [2.75, 3.05) is 7.11 Å². The van der Waals surface area contributed by atoms with Crippen LogP contribution in [0.15, 0.2) is 24.8 Å². The minimum absolute atomic E-state index is 0.145. The monoisotopic (exact) mass is 219 g/mol. The number of methoxy groups -OCH3 is 1. The number of pyridine rings is 1. The molecule has 0 spiro atoms. The van der Waals surface area contributed by atoms with Crippen LogP contribution < -0.4 is 0 Å². The van der Waals surface area contributed by atoms with Gasteiger partial charge in [0.15, 0.2) is 5.78 Å². The SMILES string of the molecule is C=CCc1cc(C(C)=O)nc(C(=O)OC)c1. The van der Waals surface area contributed by atoms with E-state index in [1.54, 1.807) is 18.2 Å². The second-order valence-corrected chi connectivity index (χ2v) is 3.29. The van der Waals surface area contributed by atoms with Gasteiger partial charge in [0, 0.05) is 6.92 Å². The lowest BCUT2D eigenvalue weighted by Gasteiger charge is -2.04. The first-order valence-electron chi connectivity index (χ1n) is 4.79.